The van der Waals surface area contributed by atoms with Crippen molar-refractivity contribution in [2.75, 3.05) is 5.73 Å². The van der Waals surface area contributed by atoms with E-state index in [9.17, 15) is 12.8 Å². The van der Waals surface area contributed by atoms with Crippen molar-refractivity contribution in [3.05, 3.63) is 90.0 Å². The summed E-state index contributed by atoms with van der Waals surface area (Å²) in [7, 11) is -3.98. The van der Waals surface area contributed by atoms with Gasteiger partial charge >= 0.3 is 0 Å². The first kappa shape index (κ1) is 20.7. The molecular formula is C23H17FN6O2S. The Labute approximate surface area is 188 Å². The van der Waals surface area contributed by atoms with E-state index < -0.39 is 9.84 Å². The van der Waals surface area contributed by atoms with Crippen molar-refractivity contribution in [1.29, 1.82) is 0 Å². The molecule has 0 bridgehead atoms. The van der Waals surface area contributed by atoms with E-state index in [0.717, 1.165) is 11.8 Å². The van der Waals surface area contributed by atoms with Crippen LogP contribution in [0.3, 0.4) is 0 Å². The van der Waals surface area contributed by atoms with Crippen molar-refractivity contribution in [3.8, 4) is 11.5 Å². The summed E-state index contributed by atoms with van der Waals surface area (Å²) >= 11 is 0. The summed E-state index contributed by atoms with van der Waals surface area (Å²) in [5.41, 5.74) is 8.49. The molecule has 33 heavy (non-hydrogen) atoms. The first-order chi connectivity index (χ1) is 15.9. The molecule has 0 atom stereocenters. The minimum atomic E-state index is -3.98. The molecule has 0 radical (unpaired) electrons. The Kier molecular flexibility index (Phi) is 5.06. The molecule has 0 saturated heterocycles. The van der Waals surface area contributed by atoms with Crippen LogP contribution in [0.5, 0.6) is 0 Å². The van der Waals surface area contributed by atoms with Gasteiger partial charge in [0.1, 0.15) is 22.2 Å². The highest BCUT2D eigenvalue weighted by Gasteiger charge is 2.25. The lowest BCUT2D eigenvalue weighted by molar-refractivity contribution is 0.592. The molecule has 0 aliphatic heterocycles. The third-order valence-electron chi connectivity index (χ3n) is 5.21. The maximum Gasteiger partial charge on any atom is 0.228 e. The molecule has 3 heterocycles. The van der Waals surface area contributed by atoms with E-state index in [2.05, 4.69) is 25.1 Å². The van der Waals surface area contributed by atoms with Crippen LogP contribution in [0.2, 0.25) is 0 Å². The number of benzene rings is 2. The predicted octanol–water partition coefficient (Wildman–Crippen LogP) is 3.56. The Morgan fingerprint density at radius 3 is 2.48 bits per heavy atom. The molecule has 2 aromatic carbocycles. The van der Waals surface area contributed by atoms with Gasteiger partial charge in [0.15, 0.2) is 10.9 Å². The van der Waals surface area contributed by atoms with E-state index in [4.69, 9.17) is 5.73 Å². The van der Waals surface area contributed by atoms with Gasteiger partial charge < -0.3 is 5.73 Å². The fourth-order valence-electron chi connectivity index (χ4n) is 3.62. The predicted molar refractivity (Wildman–Crippen MR) is 120 cm³/mol. The van der Waals surface area contributed by atoms with Crippen molar-refractivity contribution in [1.82, 2.24) is 25.1 Å². The number of nitrogens with zero attached hydrogens (tertiary/aromatic N) is 4. The molecule has 164 valence electrons. The minimum absolute atomic E-state index is 0.148. The molecule has 0 amide bonds. The normalized spacial score (nSPS) is 11.7. The Balaban J connectivity index is 1.59. The number of aromatic nitrogens is 5. The maximum atomic E-state index is 14.2. The van der Waals surface area contributed by atoms with Crippen molar-refractivity contribution in [2.24, 2.45) is 0 Å². The third kappa shape index (κ3) is 3.70. The summed E-state index contributed by atoms with van der Waals surface area (Å²) in [6, 6.07) is 16.7. The van der Waals surface area contributed by atoms with Crippen LogP contribution in [-0.4, -0.2) is 33.6 Å². The van der Waals surface area contributed by atoms with Crippen LogP contribution in [0.25, 0.3) is 22.4 Å². The van der Waals surface area contributed by atoms with Gasteiger partial charge in [-0.15, -0.1) is 0 Å². The number of pyridine rings is 1. The molecule has 3 aromatic heterocycles. The summed E-state index contributed by atoms with van der Waals surface area (Å²) < 4.78 is 40.0. The number of anilines is 1. The zero-order chi connectivity index (χ0) is 23.0. The topological polar surface area (TPSA) is 128 Å². The highest BCUT2D eigenvalue weighted by molar-refractivity contribution is 7.91. The number of halogens is 1. The van der Waals surface area contributed by atoms with Crippen LogP contribution in [0, 0.1) is 5.82 Å². The minimum Gasteiger partial charge on any atom is -0.382 e. The van der Waals surface area contributed by atoms with Crippen molar-refractivity contribution >= 4 is 26.6 Å². The van der Waals surface area contributed by atoms with Gasteiger partial charge in [0, 0.05) is 18.0 Å². The number of fused-ring (bicyclic) bond motifs is 1. The summed E-state index contributed by atoms with van der Waals surface area (Å²) in [5.74, 6) is -0.364. The fourth-order valence-corrected chi connectivity index (χ4v) is 4.82. The summed E-state index contributed by atoms with van der Waals surface area (Å²) in [6.45, 7) is 0. The van der Waals surface area contributed by atoms with Crippen molar-refractivity contribution < 1.29 is 12.8 Å². The monoisotopic (exact) mass is 460 g/mol. The smallest absolute Gasteiger partial charge is 0.228 e. The van der Waals surface area contributed by atoms with Crippen LogP contribution in [0.4, 0.5) is 10.2 Å². The molecule has 0 aliphatic carbocycles. The zero-order valence-corrected chi connectivity index (χ0v) is 17.9. The molecular weight excluding hydrogens is 443 g/mol. The van der Waals surface area contributed by atoms with Gasteiger partial charge in [-0.05, 0) is 35.4 Å². The number of hydrogen-bond acceptors (Lipinski definition) is 7. The van der Waals surface area contributed by atoms with E-state index in [-0.39, 0.29) is 27.4 Å². The highest BCUT2D eigenvalue weighted by Crippen LogP contribution is 2.31. The van der Waals surface area contributed by atoms with Crippen LogP contribution in [-0.2, 0) is 16.3 Å². The number of sulfone groups is 1. The number of rotatable bonds is 5. The Hall–Kier alpha value is -4.18. The molecule has 0 fully saturated rings. The van der Waals surface area contributed by atoms with Crippen LogP contribution in [0.15, 0.2) is 83.0 Å². The lowest BCUT2D eigenvalue weighted by atomic mass is 9.99. The number of hydrogen-bond donors (Lipinski definition) is 2. The quantitative estimate of drug-likeness (QED) is 0.410. The lowest BCUT2D eigenvalue weighted by Gasteiger charge is -2.08. The average Bonchev–Trinajstić information content (AvgIpc) is 3.26. The lowest BCUT2D eigenvalue weighted by Crippen LogP contribution is -2.10. The van der Waals surface area contributed by atoms with E-state index in [1.165, 1.54) is 18.3 Å². The van der Waals surface area contributed by atoms with Crippen molar-refractivity contribution in [3.63, 3.8) is 0 Å². The second-order valence-electron chi connectivity index (χ2n) is 7.29. The highest BCUT2D eigenvalue weighted by atomic mass is 32.2. The van der Waals surface area contributed by atoms with Gasteiger partial charge in [0.2, 0.25) is 9.84 Å². The molecule has 0 aliphatic rings. The first-order valence-electron chi connectivity index (χ1n) is 9.93. The summed E-state index contributed by atoms with van der Waals surface area (Å²) in [5, 5.41) is 7.81. The van der Waals surface area contributed by atoms with Gasteiger partial charge in [0.25, 0.3) is 0 Å². The molecule has 0 unspecified atom stereocenters. The largest absolute Gasteiger partial charge is 0.382 e. The summed E-state index contributed by atoms with van der Waals surface area (Å²) in [4.78, 5) is 12.1. The first-order valence-corrected chi connectivity index (χ1v) is 11.4. The van der Waals surface area contributed by atoms with E-state index in [0.29, 0.717) is 28.6 Å². The third-order valence-corrected chi connectivity index (χ3v) is 6.90. The number of nitrogens with one attached hydrogen (secondary N) is 1. The van der Waals surface area contributed by atoms with E-state index in [1.54, 1.807) is 30.3 Å². The van der Waals surface area contributed by atoms with Crippen LogP contribution in [0.1, 0.15) is 11.1 Å². The number of nitrogen functional groups attached to an aromatic ring is 1. The Morgan fingerprint density at radius 1 is 0.939 bits per heavy atom. The van der Waals surface area contributed by atoms with Gasteiger partial charge in [-0.3, -0.25) is 5.10 Å². The van der Waals surface area contributed by atoms with Crippen LogP contribution >= 0.6 is 0 Å². The van der Waals surface area contributed by atoms with Gasteiger partial charge in [-0.2, -0.15) is 5.10 Å². The summed E-state index contributed by atoms with van der Waals surface area (Å²) in [6.07, 6.45) is 2.87. The molecule has 5 rings (SSSR count). The number of aromatic amines is 1. The van der Waals surface area contributed by atoms with E-state index in [1.807, 2.05) is 18.2 Å². The molecule has 8 nitrogen and oxygen atoms in total. The second kappa shape index (κ2) is 8.06. The second-order valence-corrected chi connectivity index (χ2v) is 9.16. The van der Waals surface area contributed by atoms with Gasteiger partial charge in [-0.25, -0.2) is 27.8 Å². The Bertz CT molecular complexity index is 1590. The molecule has 3 N–H and O–H groups in total. The van der Waals surface area contributed by atoms with Gasteiger partial charge in [-0.1, -0.05) is 36.4 Å². The van der Waals surface area contributed by atoms with Crippen LogP contribution < -0.4 is 5.73 Å². The molecule has 10 heteroatoms. The standard InChI is InChI=1S/C23H17FN6O2S/c24-16-8-2-1-6-14(16)12-15-7-5-9-17-20(15)21(30-29-17)23-27-13-18(22(25)28-23)33(31,32)19-10-3-4-11-26-19/h1-11,13H,12H2,(H,29,30)(H2,25,27,28). The van der Waals surface area contributed by atoms with E-state index >= 15 is 0 Å². The Morgan fingerprint density at radius 2 is 1.73 bits per heavy atom. The molecule has 0 spiro atoms. The molecule has 0 saturated carbocycles. The fraction of sp³-hybridized carbons (Fsp3) is 0.0435. The van der Waals surface area contributed by atoms with Gasteiger partial charge in [0.05, 0.1) is 11.7 Å². The number of nitrogens with two attached hydrogens (primary N) is 1. The zero-order valence-electron chi connectivity index (χ0n) is 17.1. The maximum absolute atomic E-state index is 14.2. The van der Waals surface area contributed by atoms with Crippen molar-refractivity contribution in [2.45, 2.75) is 16.3 Å². The molecule has 5 aromatic rings. The average molecular weight is 460 g/mol. The number of H-pyrrole nitrogens is 1. The SMILES string of the molecule is Nc1nc(-c2n[nH]c3cccc(Cc4ccccc4F)c23)ncc1S(=O)(=O)c1ccccn1.